The van der Waals surface area contributed by atoms with E-state index in [4.69, 9.17) is 16.3 Å². The first-order valence-electron chi connectivity index (χ1n) is 7.02. The number of carbonyl (C=O) groups excluding carboxylic acids is 1. The van der Waals surface area contributed by atoms with E-state index < -0.39 is 0 Å². The molecular formula is C17H14ClN3O2. The minimum Gasteiger partial charge on any atom is -0.467 e. The van der Waals surface area contributed by atoms with Crippen LogP contribution in [0.3, 0.4) is 0 Å². The second-order valence-corrected chi connectivity index (χ2v) is 5.40. The maximum Gasteiger partial charge on any atom is 0.262 e. The largest absolute Gasteiger partial charge is 0.467 e. The van der Waals surface area contributed by atoms with Crippen LogP contribution in [-0.2, 0) is 4.79 Å². The molecule has 23 heavy (non-hydrogen) atoms. The van der Waals surface area contributed by atoms with Gasteiger partial charge in [-0.25, -0.2) is 9.97 Å². The first-order valence-corrected chi connectivity index (χ1v) is 7.40. The van der Waals surface area contributed by atoms with E-state index in [0.717, 1.165) is 16.5 Å². The molecule has 116 valence electrons. The summed E-state index contributed by atoms with van der Waals surface area (Å²) >= 11 is 6.04. The average Bonchev–Trinajstić information content (AvgIpc) is 2.56. The molecule has 0 unspecified atom stereocenters. The van der Waals surface area contributed by atoms with Crippen LogP contribution >= 0.6 is 11.6 Å². The Labute approximate surface area is 138 Å². The minimum atomic E-state index is -0.285. The van der Waals surface area contributed by atoms with E-state index in [1.54, 1.807) is 12.1 Å². The predicted molar refractivity (Wildman–Crippen MR) is 89.9 cm³/mol. The molecule has 3 aromatic rings. The van der Waals surface area contributed by atoms with Gasteiger partial charge in [-0.15, -0.1) is 0 Å². The van der Waals surface area contributed by atoms with Gasteiger partial charge in [0.05, 0.1) is 10.9 Å². The van der Waals surface area contributed by atoms with Gasteiger partial charge in [0.25, 0.3) is 5.91 Å². The molecule has 0 saturated heterocycles. The molecule has 0 atom stereocenters. The Hall–Kier alpha value is -2.66. The number of carbonyl (C=O) groups is 1. The number of aryl methyl sites for hydroxylation is 1. The number of amides is 1. The van der Waals surface area contributed by atoms with Crippen LogP contribution in [0.5, 0.6) is 5.88 Å². The fraction of sp³-hybridized carbons (Fsp3) is 0.118. The third-order valence-electron chi connectivity index (χ3n) is 3.30. The van der Waals surface area contributed by atoms with Crippen molar-refractivity contribution in [3.8, 4) is 5.88 Å². The molecule has 1 amide bonds. The predicted octanol–water partition coefficient (Wildman–Crippen LogP) is 3.61. The molecule has 0 fully saturated rings. The van der Waals surface area contributed by atoms with Crippen LogP contribution in [-0.4, -0.2) is 22.5 Å². The molecule has 1 heterocycles. The Balaban J connectivity index is 1.67. The molecule has 5 nitrogen and oxygen atoms in total. The number of hydrogen-bond donors (Lipinski definition) is 1. The maximum atomic E-state index is 12.0. The van der Waals surface area contributed by atoms with Gasteiger partial charge in [0.1, 0.15) is 6.33 Å². The zero-order valence-corrected chi connectivity index (χ0v) is 13.2. The molecule has 0 aliphatic rings. The molecule has 0 saturated carbocycles. The standard InChI is InChI=1S/C17H14ClN3O2/c1-11-6-7-12(8-14(11)18)21-16(22)9-23-17-13-4-2-3-5-15(13)19-10-20-17/h2-8,10H,9H2,1H3,(H,21,22). The van der Waals surface area contributed by atoms with Crippen LogP contribution < -0.4 is 10.1 Å². The smallest absolute Gasteiger partial charge is 0.262 e. The molecular weight excluding hydrogens is 314 g/mol. The summed E-state index contributed by atoms with van der Waals surface area (Å²) in [4.78, 5) is 20.2. The van der Waals surface area contributed by atoms with Crippen molar-refractivity contribution in [2.45, 2.75) is 6.92 Å². The number of benzene rings is 2. The summed E-state index contributed by atoms with van der Waals surface area (Å²) in [7, 11) is 0. The Bertz CT molecular complexity index is 862. The quantitative estimate of drug-likeness (QED) is 0.795. The third-order valence-corrected chi connectivity index (χ3v) is 3.71. The molecule has 6 heteroatoms. The van der Waals surface area contributed by atoms with E-state index in [1.807, 2.05) is 37.3 Å². The molecule has 3 rings (SSSR count). The van der Waals surface area contributed by atoms with Crippen LogP contribution in [0.25, 0.3) is 10.9 Å². The topological polar surface area (TPSA) is 64.1 Å². The molecule has 0 spiro atoms. The maximum absolute atomic E-state index is 12.0. The van der Waals surface area contributed by atoms with E-state index in [0.29, 0.717) is 16.6 Å². The fourth-order valence-corrected chi connectivity index (χ4v) is 2.28. The van der Waals surface area contributed by atoms with Crippen molar-refractivity contribution in [3.63, 3.8) is 0 Å². The van der Waals surface area contributed by atoms with Gasteiger partial charge in [0.15, 0.2) is 6.61 Å². The molecule has 2 aromatic carbocycles. The third kappa shape index (κ3) is 3.57. The molecule has 1 N–H and O–H groups in total. The van der Waals surface area contributed by atoms with Gasteiger partial charge in [-0.05, 0) is 36.8 Å². The number of fused-ring (bicyclic) bond motifs is 1. The van der Waals surface area contributed by atoms with Gasteiger partial charge in [0.2, 0.25) is 5.88 Å². The second-order valence-electron chi connectivity index (χ2n) is 5.00. The highest BCUT2D eigenvalue weighted by atomic mass is 35.5. The number of halogens is 1. The van der Waals surface area contributed by atoms with Gasteiger partial charge in [-0.3, -0.25) is 4.79 Å². The zero-order valence-electron chi connectivity index (χ0n) is 12.4. The lowest BCUT2D eigenvalue weighted by Gasteiger charge is -2.09. The first-order chi connectivity index (χ1) is 11.1. The second kappa shape index (κ2) is 6.62. The Kier molecular flexibility index (Phi) is 4.39. The number of aromatic nitrogens is 2. The van der Waals surface area contributed by atoms with Crippen molar-refractivity contribution in [2.24, 2.45) is 0 Å². The summed E-state index contributed by atoms with van der Waals surface area (Å²) in [6, 6.07) is 12.8. The monoisotopic (exact) mass is 327 g/mol. The Morgan fingerprint density at radius 2 is 2.04 bits per heavy atom. The number of nitrogens with one attached hydrogen (secondary N) is 1. The number of para-hydroxylation sites is 1. The lowest BCUT2D eigenvalue weighted by molar-refractivity contribution is -0.118. The Morgan fingerprint density at radius 3 is 2.87 bits per heavy atom. The molecule has 1 aromatic heterocycles. The van der Waals surface area contributed by atoms with Crippen LogP contribution in [0, 0.1) is 6.92 Å². The highest BCUT2D eigenvalue weighted by Gasteiger charge is 2.08. The van der Waals surface area contributed by atoms with Crippen molar-refractivity contribution in [2.75, 3.05) is 11.9 Å². The van der Waals surface area contributed by atoms with Crippen molar-refractivity contribution >= 4 is 34.1 Å². The lowest BCUT2D eigenvalue weighted by atomic mass is 10.2. The number of ether oxygens (including phenoxy) is 1. The SMILES string of the molecule is Cc1ccc(NC(=O)COc2ncnc3ccccc23)cc1Cl. The number of hydrogen-bond acceptors (Lipinski definition) is 4. The first kappa shape index (κ1) is 15.2. The van der Waals surface area contributed by atoms with E-state index in [-0.39, 0.29) is 12.5 Å². The highest BCUT2D eigenvalue weighted by Crippen LogP contribution is 2.21. The van der Waals surface area contributed by atoms with E-state index in [1.165, 1.54) is 6.33 Å². The van der Waals surface area contributed by atoms with Crippen molar-refractivity contribution in [1.29, 1.82) is 0 Å². The van der Waals surface area contributed by atoms with Gasteiger partial charge in [-0.1, -0.05) is 29.8 Å². The van der Waals surface area contributed by atoms with Crippen LogP contribution in [0.2, 0.25) is 5.02 Å². The van der Waals surface area contributed by atoms with E-state index in [9.17, 15) is 4.79 Å². The Morgan fingerprint density at radius 1 is 1.22 bits per heavy atom. The summed E-state index contributed by atoms with van der Waals surface area (Å²) < 4.78 is 5.51. The van der Waals surface area contributed by atoms with Gasteiger partial charge in [-0.2, -0.15) is 0 Å². The minimum absolute atomic E-state index is 0.146. The van der Waals surface area contributed by atoms with Gasteiger partial charge >= 0.3 is 0 Å². The highest BCUT2D eigenvalue weighted by molar-refractivity contribution is 6.31. The van der Waals surface area contributed by atoms with Crippen molar-refractivity contribution in [1.82, 2.24) is 9.97 Å². The summed E-state index contributed by atoms with van der Waals surface area (Å²) in [5.74, 6) is 0.0975. The summed E-state index contributed by atoms with van der Waals surface area (Å²) in [6.45, 7) is 1.75. The zero-order chi connectivity index (χ0) is 16.2. The van der Waals surface area contributed by atoms with Gasteiger partial charge in [0, 0.05) is 10.7 Å². The molecule has 0 radical (unpaired) electrons. The van der Waals surface area contributed by atoms with Crippen molar-refractivity contribution < 1.29 is 9.53 Å². The number of nitrogens with zero attached hydrogens (tertiary/aromatic N) is 2. The molecule has 0 bridgehead atoms. The van der Waals surface area contributed by atoms with Crippen LogP contribution in [0.15, 0.2) is 48.8 Å². The summed E-state index contributed by atoms with van der Waals surface area (Å²) in [5.41, 5.74) is 2.35. The van der Waals surface area contributed by atoms with Crippen molar-refractivity contribution in [3.05, 3.63) is 59.4 Å². The summed E-state index contributed by atoms with van der Waals surface area (Å²) in [5, 5.41) is 4.10. The lowest BCUT2D eigenvalue weighted by Crippen LogP contribution is -2.20. The fourth-order valence-electron chi connectivity index (χ4n) is 2.10. The molecule has 0 aliphatic carbocycles. The normalized spacial score (nSPS) is 10.5. The average molecular weight is 328 g/mol. The van der Waals surface area contributed by atoms with Crippen LogP contribution in [0.4, 0.5) is 5.69 Å². The van der Waals surface area contributed by atoms with Crippen LogP contribution in [0.1, 0.15) is 5.56 Å². The van der Waals surface area contributed by atoms with E-state index >= 15 is 0 Å². The molecule has 0 aliphatic heterocycles. The van der Waals surface area contributed by atoms with E-state index in [2.05, 4.69) is 15.3 Å². The number of anilines is 1. The van der Waals surface area contributed by atoms with Gasteiger partial charge < -0.3 is 10.1 Å². The number of rotatable bonds is 4. The summed E-state index contributed by atoms with van der Waals surface area (Å²) in [6.07, 6.45) is 1.41.